The highest BCUT2D eigenvalue weighted by atomic mass is 19.4. The van der Waals surface area contributed by atoms with Crippen molar-refractivity contribution in [2.75, 3.05) is 25.1 Å². The lowest BCUT2D eigenvalue weighted by molar-refractivity contribution is -0.137. The van der Waals surface area contributed by atoms with Crippen LogP contribution in [0.4, 0.5) is 23.7 Å². The van der Waals surface area contributed by atoms with Crippen LogP contribution in [-0.2, 0) is 10.9 Å². The first-order valence-electron chi connectivity index (χ1n) is 7.40. The lowest BCUT2D eigenvalue weighted by Gasteiger charge is -2.16. The van der Waals surface area contributed by atoms with Crippen molar-refractivity contribution in [2.24, 2.45) is 0 Å². The first kappa shape index (κ1) is 17.4. The molecule has 23 heavy (non-hydrogen) atoms. The highest BCUT2D eigenvalue weighted by Gasteiger charge is 2.34. The second-order valence-corrected chi connectivity index (χ2v) is 5.11. The minimum atomic E-state index is -4.59. The van der Waals surface area contributed by atoms with E-state index in [1.165, 1.54) is 12.1 Å². The summed E-state index contributed by atoms with van der Waals surface area (Å²) in [6.45, 7) is 2.85. The zero-order valence-electron chi connectivity index (χ0n) is 12.7. The van der Waals surface area contributed by atoms with E-state index in [4.69, 9.17) is 9.47 Å². The van der Waals surface area contributed by atoms with E-state index in [0.717, 1.165) is 18.9 Å². The van der Waals surface area contributed by atoms with E-state index in [1.54, 1.807) is 6.92 Å². The van der Waals surface area contributed by atoms with Gasteiger partial charge in [-0.05, 0) is 38.0 Å². The fraction of sp³-hybridized carbons (Fsp3) is 0.533. The predicted octanol–water partition coefficient (Wildman–Crippen LogP) is 3.40. The van der Waals surface area contributed by atoms with E-state index in [2.05, 4.69) is 10.6 Å². The topological polar surface area (TPSA) is 59.6 Å². The molecule has 0 spiro atoms. The summed E-state index contributed by atoms with van der Waals surface area (Å²) < 4.78 is 49.7. The van der Waals surface area contributed by atoms with Crippen LogP contribution in [-0.4, -0.2) is 31.9 Å². The number of carbonyl (C=O) groups excluding carboxylic acids is 1. The van der Waals surface area contributed by atoms with Gasteiger partial charge in [0.15, 0.2) is 0 Å². The van der Waals surface area contributed by atoms with Crippen molar-refractivity contribution in [2.45, 2.75) is 32.0 Å². The van der Waals surface area contributed by atoms with Crippen LogP contribution in [0.3, 0.4) is 0 Å². The number of benzene rings is 1. The molecule has 1 aliphatic heterocycles. The van der Waals surface area contributed by atoms with Crippen LogP contribution in [0.2, 0.25) is 0 Å². The van der Waals surface area contributed by atoms with Crippen LogP contribution >= 0.6 is 0 Å². The van der Waals surface area contributed by atoms with Gasteiger partial charge in [0, 0.05) is 13.2 Å². The Kier molecular flexibility index (Phi) is 5.70. The van der Waals surface area contributed by atoms with Gasteiger partial charge in [-0.2, -0.15) is 13.2 Å². The average molecular weight is 332 g/mol. The Morgan fingerprint density at radius 1 is 1.43 bits per heavy atom. The van der Waals surface area contributed by atoms with Gasteiger partial charge in [-0.15, -0.1) is 0 Å². The molecular weight excluding hydrogens is 313 g/mol. The standard InChI is InChI=1S/C15H19F3N2O3/c1-2-22-10-5-6-13(12(8-10)15(16,17)18)20-14(21)19-9-11-4-3-7-23-11/h5-6,8,11H,2-4,7,9H2,1H3,(H2,19,20,21)/t11-/m0/s1. The summed E-state index contributed by atoms with van der Waals surface area (Å²) in [6, 6.07) is 2.74. The van der Waals surface area contributed by atoms with Gasteiger partial charge >= 0.3 is 12.2 Å². The van der Waals surface area contributed by atoms with Crippen molar-refractivity contribution in [1.82, 2.24) is 5.32 Å². The van der Waals surface area contributed by atoms with Crippen molar-refractivity contribution in [3.05, 3.63) is 23.8 Å². The Morgan fingerprint density at radius 3 is 2.83 bits per heavy atom. The van der Waals surface area contributed by atoms with Crippen molar-refractivity contribution in [3.63, 3.8) is 0 Å². The summed E-state index contributed by atoms with van der Waals surface area (Å²) in [7, 11) is 0. The Balaban J connectivity index is 2.03. The Bertz CT molecular complexity index is 543. The fourth-order valence-electron chi connectivity index (χ4n) is 2.30. The average Bonchev–Trinajstić information content (AvgIpc) is 2.99. The van der Waals surface area contributed by atoms with Crippen molar-refractivity contribution < 1.29 is 27.4 Å². The number of alkyl halides is 3. The second kappa shape index (κ2) is 7.54. The molecule has 2 N–H and O–H groups in total. The Labute approximate surface area is 132 Å². The lowest BCUT2D eigenvalue weighted by atomic mass is 10.1. The number of nitrogens with one attached hydrogen (secondary N) is 2. The highest BCUT2D eigenvalue weighted by Crippen LogP contribution is 2.37. The van der Waals surface area contributed by atoms with Crippen LogP contribution in [0, 0.1) is 0 Å². The molecule has 0 radical (unpaired) electrons. The third-order valence-corrected chi connectivity index (χ3v) is 3.37. The number of anilines is 1. The number of rotatable bonds is 5. The number of amides is 2. The van der Waals surface area contributed by atoms with Crippen LogP contribution in [0.15, 0.2) is 18.2 Å². The number of hydrogen-bond donors (Lipinski definition) is 2. The van der Waals surface area contributed by atoms with Gasteiger partial charge in [-0.1, -0.05) is 0 Å². The molecule has 2 rings (SSSR count). The summed E-state index contributed by atoms with van der Waals surface area (Å²) in [5.74, 6) is 0.102. The molecule has 1 aromatic rings. The molecule has 2 amide bonds. The van der Waals surface area contributed by atoms with Crippen molar-refractivity contribution in [3.8, 4) is 5.75 Å². The summed E-state index contributed by atoms with van der Waals surface area (Å²) in [6.07, 6.45) is -2.92. The van der Waals surface area contributed by atoms with Gasteiger partial charge in [-0.3, -0.25) is 0 Å². The molecule has 0 saturated carbocycles. The summed E-state index contributed by atoms with van der Waals surface area (Å²) >= 11 is 0. The van der Waals surface area contributed by atoms with E-state index in [0.29, 0.717) is 6.61 Å². The van der Waals surface area contributed by atoms with Crippen molar-refractivity contribution >= 4 is 11.7 Å². The molecule has 1 aliphatic rings. The maximum Gasteiger partial charge on any atom is 0.418 e. The molecule has 0 unspecified atom stereocenters. The third-order valence-electron chi connectivity index (χ3n) is 3.37. The van der Waals surface area contributed by atoms with E-state index in [-0.39, 0.29) is 30.7 Å². The number of halogens is 3. The van der Waals surface area contributed by atoms with Crippen LogP contribution in [0.1, 0.15) is 25.3 Å². The van der Waals surface area contributed by atoms with Gasteiger partial charge in [0.05, 0.1) is 24.0 Å². The molecule has 0 bridgehead atoms. The van der Waals surface area contributed by atoms with Gasteiger partial charge in [0.1, 0.15) is 5.75 Å². The van der Waals surface area contributed by atoms with Gasteiger partial charge in [-0.25, -0.2) is 4.79 Å². The lowest BCUT2D eigenvalue weighted by Crippen LogP contribution is -2.35. The van der Waals surface area contributed by atoms with Gasteiger partial charge < -0.3 is 20.1 Å². The molecule has 1 atom stereocenters. The quantitative estimate of drug-likeness (QED) is 0.869. The number of carbonyl (C=O) groups is 1. The van der Waals surface area contributed by atoms with Gasteiger partial charge in [0.2, 0.25) is 0 Å². The minimum Gasteiger partial charge on any atom is -0.494 e. The largest absolute Gasteiger partial charge is 0.494 e. The zero-order valence-corrected chi connectivity index (χ0v) is 12.7. The molecule has 0 aromatic heterocycles. The van der Waals surface area contributed by atoms with Crippen LogP contribution in [0.25, 0.3) is 0 Å². The Morgan fingerprint density at radius 2 is 2.22 bits per heavy atom. The molecule has 1 aromatic carbocycles. The second-order valence-electron chi connectivity index (χ2n) is 5.11. The molecule has 1 heterocycles. The smallest absolute Gasteiger partial charge is 0.418 e. The molecule has 128 valence electrons. The van der Waals surface area contributed by atoms with Gasteiger partial charge in [0.25, 0.3) is 0 Å². The molecule has 1 saturated heterocycles. The third kappa shape index (κ3) is 5.02. The maximum atomic E-state index is 13.1. The van der Waals surface area contributed by atoms with E-state index in [9.17, 15) is 18.0 Å². The predicted molar refractivity (Wildman–Crippen MR) is 78.6 cm³/mol. The van der Waals surface area contributed by atoms with Crippen molar-refractivity contribution in [1.29, 1.82) is 0 Å². The SMILES string of the molecule is CCOc1ccc(NC(=O)NC[C@@H]2CCCO2)c(C(F)(F)F)c1. The van der Waals surface area contributed by atoms with E-state index < -0.39 is 17.8 Å². The highest BCUT2D eigenvalue weighted by molar-refractivity contribution is 5.90. The summed E-state index contributed by atoms with van der Waals surface area (Å²) in [5.41, 5.74) is -1.26. The number of hydrogen-bond acceptors (Lipinski definition) is 3. The minimum absolute atomic E-state index is 0.0804. The normalized spacial score (nSPS) is 17.8. The monoisotopic (exact) mass is 332 g/mol. The zero-order chi connectivity index (χ0) is 16.9. The van der Waals surface area contributed by atoms with E-state index in [1.807, 2.05) is 0 Å². The molecule has 5 nitrogen and oxygen atoms in total. The number of ether oxygens (including phenoxy) is 2. The van der Waals surface area contributed by atoms with Crippen LogP contribution < -0.4 is 15.4 Å². The summed E-state index contributed by atoms with van der Waals surface area (Å²) in [5, 5.41) is 4.75. The fourth-order valence-corrected chi connectivity index (χ4v) is 2.30. The molecule has 8 heteroatoms. The molecular formula is C15H19F3N2O3. The maximum absolute atomic E-state index is 13.1. The first-order chi connectivity index (χ1) is 10.9. The van der Waals surface area contributed by atoms with E-state index >= 15 is 0 Å². The first-order valence-corrected chi connectivity index (χ1v) is 7.40. The Hall–Kier alpha value is -1.96. The summed E-state index contributed by atoms with van der Waals surface area (Å²) in [4.78, 5) is 11.8. The molecule has 0 aliphatic carbocycles. The molecule has 1 fully saturated rings. The van der Waals surface area contributed by atoms with Crippen LogP contribution in [0.5, 0.6) is 5.75 Å². The number of urea groups is 1.